The van der Waals surface area contributed by atoms with Gasteiger partial charge in [0.2, 0.25) is 5.91 Å². The van der Waals surface area contributed by atoms with Gasteiger partial charge in [-0.05, 0) is 25.5 Å². The summed E-state index contributed by atoms with van der Waals surface area (Å²) in [6.07, 6.45) is 1.42. The molecule has 1 aromatic rings. The van der Waals surface area contributed by atoms with Crippen LogP contribution in [0.3, 0.4) is 0 Å². The molecular weight excluding hydrogens is 216 g/mol. The van der Waals surface area contributed by atoms with Gasteiger partial charge in [-0.1, -0.05) is 12.1 Å². The molecule has 0 spiro atoms. The molecule has 0 bridgehead atoms. The average molecular weight is 232 g/mol. The van der Waals surface area contributed by atoms with Gasteiger partial charge in [0.15, 0.2) is 5.78 Å². The van der Waals surface area contributed by atoms with Crippen molar-refractivity contribution in [3.8, 4) is 0 Å². The number of hydrogen-bond acceptors (Lipinski definition) is 3. The molecule has 0 aliphatic carbocycles. The first-order chi connectivity index (χ1) is 8.08. The first kappa shape index (κ1) is 11.6. The van der Waals surface area contributed by atoms with Crippen LogP contribution < -0.4 is 5.32 Å². The van der Waals surface area contributed by atoms with Crippen molar-refractivity contribution in [1.29, 1.82) is 0 Å². The Morgan fingerprint density at radius 2 is 2.24 bits per heavy atom. The van der Waals surface area contributed by atoms with Gasteiger partial charge in [0.1, 0.15) is 6.17 Å². The maximum absolute atomic E-state index is 11.4. The van der Waals surface area contributed by atoms with Gasteiger partial charge in [-0.3, -0.25) is 9.59 Å². The van der Waals surface area contributed by atoms with E-state index in [0.29, 0.717) is 12.0 Å². The zero-order chi connectivity index (χ0) is 12.4. The number of likely N-dealkylation sites (tertiary alicyclic amines) is 1. The average Bonchev–Trinajstić information content (AvgIpc) is 2.61. The number of Topliss-reactive ketones (excluding diaryl/α,β-unsaturated/α-hetero) is 1. The van der Waals surface area contributed by atoms with E-state index in [2.05, 4.69) is 5.32 Å². The van der Waals surface area contributed by atoms with Crippen LogP contribution in [0.5, 0.6) is 0 Å². The summed E-state index contributed by atoms with van der Waals surface area (Å²) in [5.41, 5.74) is 1.56. The Hall–Kier alpha value is -1.84. The van der Waals surface area contributed by atoms with Crippen LogP contribution in [-0.4, -0.2) is 29.8 Å². The molecule has 1 heterocycles. The lowest BCUT2D eigenvalue weighted by Crippen LogP contribution is -2.34. The lowest BCUT2D eigenvalue weighted by molar-refractivity contribution is -0.127. The van der Waals surface area contributed by atoms with Gasteiger partial charge >= 0.3 is 0 Å². The van der Waals surface area contributed by atoms with Gasteiger partial charge in [0, 0.05) is 24.7 Å². The highest BCUT2D eigenvalue weighted by Gasteiger charge is 2.27. The first-order valence-corrected chi connectivity index (χ1v) is 5.71. The van der Waals surface area contributed by atoms with Gasteiger partial charge in [-0.2, -0.15) is 0 Å². The Bertz CT molecular complexity index is 456. The monoisotopic (exact) mass is 232 g/mol. The summed E-state index contributed by atoms with van der Waals surface area (Å²) in [5, 5.41) is 3.27. The number of carbonyl (C=O) groups excluding carboxylic acids is 2. The minimum Gasteiger partial charge on any atom is -0.365 e. The lowest BCUT2D eigenvalue weighted by Gasteiger charge is -2.22. The molecule has 0 radical (unpaired) electrons. The predicted molar refractivity (Wildman–Crippen MR) is 65.9 cm³/mol. The number of rotatable bonds is 3. The molecule has 1 aliphatic heterocycles. The number of anilines is 1. The third-order valence-corrected chi connectivity index (χ3v) is 3.09. The number of benzene rings is 1. The molecule has 17 heavy (non-hydrogen) atoms. The van der Waals surface area contributed by atoms with E-state index in [0.717, 1.165) is 12.1 Å². The number of amides is 1. The van der Waals surface area contributed by atoms with Crippen molar-refractivity contribution in [3.05, 3.63) is 29.8 Å². The quantitative estimate of drug-likeness (QED) is 0.809. The van der Waals surface area contributed by atoms with E-state index in [1.807, 2.05) is 18.2 Å². The molecule has 2 rings (SSSR count). The fourth-order valence-electron chi connectivity index (χ4n) is 1.99. The van der Waals surface area contributed by atoms with E-state index in [9.17, 15) is 9.59 Å². The summed E-state index contributed by atoms with van der Waals surface area (Å²) in [6, 6.07) is 7.36. The molecule has 4 nitrogen and oxygen atoms in total. The zero-order valence-corrected chi connectivity index (χ0v) is 10.1. The molecule has 1 fully saturated rings. The third-order valence-electron chi connectivity index (χ3n) is 3.09. The second kappa shape index (κ2) is 4.57. The standard InChI is InChI=1S/C13H16N2O2/c1-9(16)10-4-3-5-11(8-10)14-12-6-7-13(17)15(12)2/h3-5,8,12,14H,6-7H2,1-2H3. The second-order valence-corrected chi connectivity index (χ2v) is 4.34. The fraction of sp³-hybridized carbons (Fsp3) is 0.385. The minimum absolute atomic E-state index is 0.0321. The second-order valence-electron chi connectivity index (χ2n) is 4.34. The van der Waals surface area contributed by atoms with E-state index >= 15 is 0 Å². The number of ketones is 1. The van der Waals surface area contributed by atoms with Crippen LogP contribution in [0.1, 0.15) is 30.1 Å². The molecule has 0 saturated carbocycles. The summed E-state index contributed by atoms with van der Waals surface area (Å²) >= 11 is 0. The number of hydrogen-bond donors (Lipinski definition) is 1. The van der Waals surface area contributed by atoms with E-state index in [-0.39, 0.29) is 17.9 Å². The highest BCUT2D eigenvalue weighted by Crippen LogP contribution is 2.20. The summed E-state index contributed by atoms with van der Waals surface area (Å²) in [5.74, 6) is 0.203. The Kier molecular flexibility index (Phi) is 3.13. The molecule has 1 aliphatic rings. The van der Waals surface area contributed by atoms with E-state index in [1.54, 1.807) is 24.9 Å². The highest BCUT2D eigenvalue weighted by atomic mass is 16.2. The van der Waals surface area contributed by atoms with Crippen molar-refractivity contribution in [2.45, 2.75) is 25.9 Å². The fourth-order valence-corrected chi connectivity index (χ4v) is 1.99. The van der Waals surface area contributed by atoms with Crippen LogP contribution in [0.4, 0.5) is 5.69 Å². The molecule has 1 unspecified atom stereocenters. The van der Waals surface area contributed by atoms with Gasteiger partial charge in [0.25, 0.3) is 0 Å². The van der Waals surface area contributed by atoms with Gasteiger partial charge in [-0.15, -0.1) is 0 Å². The van der Waals surface area contributed by atoms with Gasteiger partial charge in [-0.25, -0.2) is 0 Å². The molecule has 1 aromatic carbocycles. The maximum atomic E-state index is 11.4. The lowest BCUT2D eigenvalue weighted by atomic mass is 10.1. The predicted octanol–water partition coefficient (Wildman–Crippen LogP) is 1.88. The van der Waals surface area contributed by atoms with E-state index in [1.165, 1.54) is 0 Å². The molecule has 4 heteroatoms. The zero-order valence-electron chi connectivity index (χ0n) is 10.1. The summed E-state index contributed by atoms with van der Waals surface area (Å²) in [6.45, 7) is 1.55. The smallest absolute Gasteiger partial charge is 0.224 e. The molecular formula is C13H16N2O2. The van der Waals surface area contributed by atoms with Crippen LogP contribution in [0.15, 0.2) is 24.3 Å². The van der Waals surface area contributed by atoms with Crippen molar-refractivity contribution in [2.24, 2.45) is 0 Å². The maximum Gasteiger partial charge on any atom is 0.224 e. The summed E-state index contributed by atoms with van der Waals surface area (Å²) in [7, 11) is 1.79. The largest absolute Gasteiger partial charge is 0.365 e. The molecule has 1 N–H and O–H groups in total. The number of nitrogens with zero attached hydrogens (tertiary/aromatic N) is 1. The Labute approximate surface area is 101 Å². The Morgan fingerprint density at radius 1 is 1.47 bits per heavy atom. The Morgan fingerprint density at radius 3 is 2.82 bits per heavy atom. The van der Waals surface area contributed by atoms with E-state index in [4.69, 9.17) is 0 Å². The molecule has 1 saturated heterocycles. The number of carbonyl (C=O) groups is 2. The van der Waals surface area contributed by atoms with Crippen molar-refractivity contribution in [2.75, 3.05) is 12.4 Å². The van der Waals surface area contributed by atoms with Crippen molar-refractivity contribution in [1.82, 2.24) is 4.90 Å². The third kappa shape index (κ3) is 2.46. The van der Waals surface area contributed by atoms with Crippen LogP contribution in [0.25, 0.3) is 0 Å². The van der Waals surface area contributed by atoms with Gasteiger partial charge in [0.05, 0.1) is 0 Å². The number of nitrogens with one attached hydrogen (secondary N) is 1. The Balaban J connectivity index is 2.11. The van der Waals surface area contributed by atoms with Crippen molar-refractivity contribution < 1.29 is 9.59 Å². The molecule has 1 amide bonds. The minimum atomic E-state index is 0.0321. The van der Waals surface area contributed by atoms with Crippen LogP contribution in [0.2, 0.25) is 0 Å². The van der Waals surface area contributed by atoms with Crippen molar-refractivity contribution in [3.63, 3.8) is 0 Å². The summed E-state index contributed by atoms with van der Waals surface area (Å²) in [4.78, 5) is 24.3. The van der Waals surface area contributed by atoms with Crippen molar-refractivity contribution >= 4 is 17.4 Å². The summed E-state index contributed by atoms with van der Waals surface area (Å²) < 4.78 is 0. The highest BCUT2D eigenvalue weighted by molar-refractivity contribution is 5.95. The SMILES string of the molecule is CC(=O)c1cccc(NC2CCC(=O)N2C)c1. The topological polar surface area (TPSA) is 49.4 Å². The van der Waals surface area contributed by atoms with Gasteiger partial charge < -0.3 is 10.2 Å². The van der Waals surface area contributed by atoms with Crippen LogP contribution in [0, 0.1) is 0 Å². The van der Waals surface area contributed by atoms with Crippen LogP contribution >= 0.6 is 0 Å². The molecule has 0 aromatic heterocycles. The molecule has 90 valence electrons. The first-order valence-electron chi connectivity index (χ1n) is 5.71. The van der Waals surface area contributed by atoms with Crippen LogP contribution in [-0.2, 0) is 4.79 Å². The van der Waals surface area contributed by atoms with E-state index < -0.39 is 0 Å². The molecule has 1 atom stereocenters. The normalized spacial score (nSPS) is 19.5.